The van der Waals surface area contributed by atoms with Crippen LogP contribution in [0.1, 0.15) is 26.9 Å². The summed E-state index contributed by atoms with van der Waals surface area (Å²) in [5, 5.41) is 2.13. The highest BCUT2D eigenvalue weighted by atomic mass is 32.2. The Hall–Kier alpha value is -1.60. The normalized spacial score (nSPS) is 18.7. The highest BCUT2D eigenvalue weighted by Gasteiger charge is 2.29. The van der Waals surface area contributed by atoms with E-state index in [0.29, 0.717) is 24.3 Å². The number of primary amides is 1. The number of fused-ring (bicyclic) bond motifs is 1. The van der Waals surface area contributed by atoms with Gasteiger partial charge < -0.3 is 10.5 Å². The van der Waals surface area contributed by atoms with E-state index in [1.165, 1.54) is 13.2 Å². The lowest BCUT2D eigenvalue weighted by Crippen LogP contribution is -2.35. The number of sulfone groups is 1. The van der Waals surface area contributed by atoms with Gasteiger partial charge >= 0.3 is 0 Å². The average Bonchev–Trinajstić information content (AvgIpc) is 2.35. The van der Waals surface area contributed by atoms with Gasteiger partial charge in [0.2, 0.25) is 0 Å². The number of carbonyl (C=O) groups excluding carboxylic acids is 1. The van der Waals surface area contributed by atoms with Crippen molar-refractivity contribution in [3.63, 3.8) is 0 Å². The van der Waals surface area contributed by atoms with Gasteiger partial charge in [0.1, 0.15) is 11.1 Å². The van der Waals surface area contributed by atoms with Crippen molar-refractivity contribution in [2.45, 2.75) is 11.8 Å². The van der Waals surface area contributed by atoms with E-state index in [-0.39, 0.29) is 5.56 Å². The van der Waals surface area contributed by atoms with Gasteiger partial charge in [-0.3, -0.25) is 10.1 Å². The van der Waals surface area contributed by atoms with Gasteiger partial charge in [0.25, 0.3) is 5.91 Å². The minimum absolute atomic E-state index is 0.193. The Labute approximate surface area is 111 Å². The molecule has 1 heterocycles. The molecule has 0 aliphatic carbocycles. The quantitative estimate of drug-likeness (QED) is 0.813. The Balaban J connectivity index is 2.64. The number of benzene rings is 1. The van der Waals surface area contributed by atoms with E-state index in [9.17, 15) is 13.2 Å². The molecule has 0 saturated carbocycles. The van der Waals surface area contributed by atoms with Gasteiger partial charge in [-0.15, -0.1) is 0 Å². The van der Waals surface area contributed by atoms with Crippen LogP contribution in [0.2, 0.25) is 0 Å². The maximum atomic E-state index is 11.8. The molecule has 0 spiro atoms. The maximum Gasteiger partial charge on any atom is 0.252 e. The van der Waals surface area contributed by atoms with E-state index in [1.807, 2.05) is 0 Å². The van der Waals surface area contributed by atoms with Gasteiger partial charge in [0.05, 0.1) is 12.7 Å². The van der Waals surface area contributed by atoms with Crippen molar-refractivity contribution in [1.82, 2.24) is 5.32 Å². The maximum absolute atomic E-state index is 11.8. The zero-order chi connectivity index (χ0) is 14.2. The third-order valence-electron chi connectivity index (χ3n) is 3.16. The first-order chi connectivity index (χ1) is 8.84. The number of nitrogens with two attached hydrogens (primary N) is 1. The molecule has 19 heavy (non-hydrogen) atoms. The monoisotopic (exact) mass is 284 g/mol. The van der Waals surface area contributed by atoms with E-state index in [4.69, 9.17) is 10.5 Å². The molecule has 1 aliphatic rings. The van der Waals surface area contributed by atoms with Crippen molar-refractivity contribution in [2.24, 2.45) is 5.73 Å². The Morgan fingerprint density at radius 1 is 1.47 bits per heavy atom. The van der Waals surface area contributed by atoms with Crippen molar-refractivity contribution < 1.29 is 17.9 Å². The minimum Gasteiger partial charge on any atom is -0.496 e. The molecule has 1 unspecified atom stereocenters. The number of nitrogens with one attached hydrogen (secondary N) is 1. The van der Waals surface area contributed by atoms with Gasteiger partial charge in [-0.1, -0.05) is 0 Å². The molecule has 1 aromatic carbocycles. The van der Waals surface area contributed by atoms with Gasteiger partial charge in [0, 0.05) is 12.8 Å². The second kappa shape index (κ2) is 4.82. The average molecular weight is 284 g/mol. The summed E-state index contributed by atoms with van der Waals surface area (Å²) in [6.45, 7) is 0.559. The molecular weight excluding hydrogens is 268 g/mol. The molecule has 0 radical (unpaired) electrons. The lowest BCUT2D eigenvalue weighted by atomic mass is 9.97. The van der Waals surface area contributed by atoms with Crippen LogP contribution in [0.25, 0.3) is 0 Å². The smallest absolute Gasteiger partial charge is 0.252 e. The molecule has 1 aromatic rings. The number of ether oxygens (including phenoxy) is 1. The van der Waals surface area contributed by atoms with Crippen LogP contribution in [-0.2, 0) is 16.3 Å². The standard InChI is InChI=1S/C12H16N2O4S/c1-18-10-5-7-3-4-14-12(19(2,16)17)8(7)6-9(10)11(13)15/h5-6,12,14H,3-4H2,1-2H3,(H2,13,15). The molecule has 1 amide bonds. The molecule has 104 valence electrons. The third kappa shape index (κ3) is 2.57. The van der Waals surface area contributed by atoms with Crippen LogP contribution in [0.4, 0.5) is 0 Å². The van der Waals surface area contributed by atoms with Crippen LogP contribution in [0.5, 0.6) is 5.75 Å². The Bertz CT molecular complexity index is 625. The van der Waals surface area contributed by atoms with Crippen LogP contribution < -0.4 is 15.8 Å². The molecule has 0 bridgehead atoms. The lowest BCUT2D eigenvalue weighted by molar-refractivity contribution is 0.0997. The van der Waals surface area contributed by atoms with E-state index in [2.05, 4.69) is 5.32 Å². The summed E-state index contributed by atoms with van der Waals surface area (Å²) in [6, 6.07) is 3.20. The molecule has 0 fully saturated rings. The zero-order valence-electron chi connectivity index (χ0n) is 10.8. The third-order valence-corrected chi connectivity index (χ3v) is 4.44. The summed E-state index contributed by atoms with van der Waals surface area (Å²) in [5.41, 5.74) is 6.91. The van der Waals surface area contributed by atoms with Crippen LogP contribution in [-0.4, -0.2) is 34.2 Å². The fourth-order valence-electron chi connectivity index (χ4n) is 2.29. The largest absolute Gasteiger partial charge is 0.496 e. The van der Waals surface area contributed by atoms with E-state index in [1.54, 1.807) is 6.07 Å². The summed E-state index contributed by atoms with van der Waals surface area (Å²) >= 11 is 0. The molecule has 6 nitrogen and oxygen atoms in total. The van der Waals surface area contributed by atoms with Gasteiger partial charge in [-0.2, -0.15) is 0 Å². The fraction of sp³-hybridized carbons (Fsp3) is 0.417. The number of hydrogen-bond acceptors (Lipinski definition) is 5. The van der Waals surface area contributed by atoms with Crippen molar-refractivity contribution in [3.05, 3.63) is 28.8 Å². The molecular formula is C12H16N2O4S. The van der Waals surface area contributed by atoms with Crippen LogP contribution in [0.15, 0.2) is 12.1 Å². The SMILES string of the molecule is COc1cc2c(cc1C(N)=O)C(S(C)(=O)=O)NCC2. The number of amides is 1. The molecule has 3 N–H and O–H groups in total. The number of hydrogen-bond donors (Lipinski definition) is 2. The molecule has 2 rings (SSSR count). The first-order valence-corrected chi connectivity index (χ1v) is 7.73. The van der Waals surface area contributed by atoms with Crippen molar-refractivity contribution >= 4 is 15.7 Å². The minimum atomic E-state index is -3.31. The predicted octanol–water partition coefficient (Wildman–Crippen LogP) is -0.0170. The van der Waals surface area contributed by atoms with Crippen molar-refractivity contribution in [2.75, 3.05) is 19.9 Å². The first-order valence-electron chi connectivity index (χ1n) is 5.77. The number of carbonyl (C=O) groups is 1. The Kier molecular flexibility index (Phi) is 3.51. The first kappa shape index (κ1) is 13.8. The zero-order valence-corrected chi connectivity index (χ0v) is 11.6. The van der Waals surface area contributed by atoms with E-state index in [0.717, 1.165) is 11.8 Å². The second-order valence-electron chi connectivity index (χ2n) is 4.53. The summed E-state index contributed by atoms with van der Waals surface area (Å²) in [6.07, 6.45) is 1.84. The van der Waals surface area contributed by atoms with E-state index < -0.39 is 21.1 Å². The summed E-state index contributed by atoms with van der Waals surface area (Å²) in [4.78, 5) is 11.4. The molecule has 7 heteroatoms. The van der Waals surface area contributed by atoms with Gasteiger partial charge in [0.15, 0.2) is 9.84 Å². The van der Waals surface area contributed by atoms with Crippen molar-refractivity contribution in [1.29, 1.82) is 0 Å². The molecule has 0 aromatic heterocycles. The second-order valence-corrected chi connectivity index (χ2v) is 6.66. The number of methoxy groups -OCH3 is 1. The molecule has 1 aliphatic heterocycles. The highest BCUT2D eigenvalue weighted by Crippen LogP contribution is 2.32. The van der Waals surface area contributed by atoms with Gasteiger partial charge in [-0.25, -0.2) is 8.42 Å². The summed E-state index contributed by atoms with van der Waals surface area (Å²) in [7, 11) is -1.86. The highest BCUT2D eigenvalue weighted by molar-refractivity contribution is 7.90. The van der Waals surface area contributed by atoms with Gasteiger partial charge in [-0.05, 0) is 29.7 Å². The molecule has 0 saturated heterocycles. The lowest BCUT2D eigenvalue weighted by Gasteiger charge is -2.26. The topological polar surface area (TPSA) is 98.5 Å². The summed E-state index contributed by atoms with van der Waals surface area (Å²) in [5.74, 6) is -0.266. The van der Waals surface area contributed by atoms with E-state index >= 15 is 0 Å². The van der Waals surface area contributed by atoms with Crippen LogP contribution in [0, 0.1) is 0 Å². The Morgan fingerprint density at radius 3 is 2.68 bits per heavy atom. The van der Waals surface area contributed by atoms with Crippen LogP contribution >= 0.6 is 0 Å². The fourth-order valence-corrected chi connectivity index (χ4v) is 3.39. The Morgan fingerprint density at radius 2 is 2.16 bits per heavy atom. The summed E-state index contributed by atoms with van der Waals surface area (Å²) < 4.78 is 28.7. The molecule has 1 atom stereocenters. The van der Waals surface area contributed by atoms with Crippen LogP contribution in [0.3, 0.4) is 0 Å². The predicted molar refractivity (Wildman–Crippen MR) is 70.8 cm³/mol. The van der Waals surface area contributed by atoms with Crippen molar-refractivity contribution in [3.8, 4) is 5.75 Å². The number of rotatable bonds is 3.